The number of aryl methyl sites for hydroxylation is 1. The first kappa shape index (κ1) is 26.8. The minimum Gasteiger partial charge on any atom is -0.443 e. The highest BCUT2D eigenvalue weighted by atomic mass is 16.6. The van der Waals surface area contributed by atoms with E-state index in [0.29, 0.717) is 18.1 Å². The second kappa shape index (κ2) is 10.4. The van der Waals surface area contributed by atoms with Gasteiger partial charge >= 0.3 is 6.09 Å². The van der Waals surface area contributed by atoms with Crippen molar-refractivity contribution in [1.82, 2.24) is 34.4 Å². The number of pyridine rings is 1. The molecule has 0 atom stereocenters. The van der Waals surface area contributed by atoms with E-state index in [2.05, 4.69) is 30.7 Å². The number of hydrogen-bond donors (Lipinski definition) is 2. The second-order valence-electron chi connectivity index (χ2n) is 10.5. The van der Waals surface area contributed by atoms with Crippen LogP contribution in [0.15, 0.2) is 47.7 Å². The summed E-state index contributed by atoms with van der Waals surface area (Å²) in [5, 5.41) is 10.3. The summed E-state index contributed by atoms with van der Waals surface area (Å²) in [6, 6.07) is 6.66. The molecule has 1 aliphatic rings. The largest absolute Gasteiger partial charge is 0.443 e. The maximum Gasteiger partial charge on any atom is 0.415 e. The van der Waals surface area contributed by atoms with Gasteiger partial charge < -0.3 is 15.4 Å². The predicted molar refractivity (Wildman–Crippen MR) is 148 cm³/mol. The molecule has 5 rings (SSSR count). The Balaban J connectivity index is 1.57. The van der Waals surface area contributed by atoms with Crippen LogP contribution in [-0.4, -0.2) is 59.8 Å². The summed E-state index contributed by atoms with van der Waals surface area (Å²) in [6.07, 6.45) is 6.48. The van der Waals surface area contributed by atoms with Gasteiger partial charge in [0.1, 0.15) is 40.1 Å². The molecule has 0 aromatic carbocycles. The smallest absolute Gasteiger partial charge is 0.415 e. The number of nitrogens with one attached hydrogen (secondary N) is 2. The van der Waals surface area contributed by atoms with E-state index in [0.717, 1.165) is 12.8 Å². The Morgan fingerprint density at radius 2 is 1.98 bits per heavy atom. The normalized spacial score (nSPS) is 13.2. The van der Waals surface area contributed by atoms with Gasteiger partial charge in [0.25, 0.3) is 11.5 Å². The lowest BCUT2D eigenvalue weighted by Gasteiger charge is -2.25. The minimum absolute atomic E-state index is 0.130. The standard InChI is InChI=1S/C27H31N9O4/c1-6-19-28-12-11-21(32-19)35-13-7-8-18(25(35)38)31-20-14-22(34(5)26(39)40-27(2,3)4)36-23(33-20)17(15-29-36)24(37)30-16-9-10-16/h7-8,11-16H,6,9-10H2,1-5H3,(H,30,37)(H,31,33). The molecule has 0 spiro atoms. The Labute approximate surface area is 230 Å². The van der Waals surface area contributed by atoms with Gasteiger partial charge in [0, 0.05) is 38.0 Å². The third-order valence-corrected chi connectivity index (χ3v) is 6.09. The average molecular weight is 546 g/mol. The molecule has 40 heavy (non-hydrogen) atoms. The summed E-state index contributed by atoms with van der Waals surface area (Å²) >= 11 is 0. The molecule has 2 N–H and O–H groups in total. The molecule has 4 aromatic rings. The Morgan fingerprint density at radius 3 is 2.67 bits per heavy atom. The number of anilines is 3. The van der Waals surface area contributed by atoms with Gasteiger partial charge in [0.05, 0.1) is 6.20 Å². The van der Waals surface area contributed by atoms with Gasteiger partial charge in [-0.3, -0.25) is 19.1 Å². The fourth-order valence-corrected chi connectivity index (χ4v) is 3.93. The summed E-state index contributed by atoms with van der Waals surface area (Å²) in [5.41, 5.74) is -0.426. The van der Waals surface area contributed by atoms with Crippen LogP contribution in [0.4, 0.5) is 22.1 Å². The van der Waals surface area contributed by atoms with E-state index in [1.807, 2.05) is 6.92 Å². The molecule has 208 valence electrons. The number of hydrogen-bond acceptors (Lipinski definition) is 9. The van der Waals surface area contributed by atoms with E-state index in [9.17, 15) is 14.4 Å². The number of carbonyl (C=O) groups excluding carboxylic acids is 2. The molecule has 13 heteroatoms. The number of nitrogens with zero attached hydrogens (tertiary/aromatic N) is 7. The minimum atomic E-state index is -0.730. The average Bonchev–Trinajstić information content (AvgIpc) is 3.62. The van der Waals surface area contributed by atoms with Crippen LogP contribution in [0.5, 0.6) is 0 Å². The maximum atomic E-state index is 13.4. The van der Waals surface area contributed by atoms with Gasteiger partial charge in [0.2, 0.25) is 0 Å². The summed E-state index contributed by atoms with van der Waals surface area (Å²) in [5.74, 6) is 1.25. The Kier molecular flexibility index (Phi) is 6.96. The predicted octanol–water partition coefficient (Wildman–Crippen LogP) is 3.24. The number of ether oxygens (including phenoxy) is 1. The molecule has 0 bridgehead atoms. The number of carbonyl (C=O) groups is 2. The molecule has 4 heterocycles. The maximum absolute atomic E-state index is 13.4. The lowest BCUT2D eigenvalue weighted by Crippen LogP contribution is -2.35. The van der Waals surface area contributed by atoms with E-state index in [1.165, 1.54) is 27.2 Å². The van der Waals surface area contributed by atoms with E-state index < -0.39 is 11.7 Å². The summed E-state index contributed by atoms with van der Waals surface area (Å²) in [7, 11) is 1.54. The van der Waals surface area contributed by atoms with Crippen LogP contribution in [-0.2, 0) is 11.2 Å². The Morgan fingerprint density at radius 1 is 1.20 bits per heavy atom. The number of rotatable bonds is 7. The topological polar surface area (TPSA) is 149 Å². The molecular formula is C27H31N9O4. The fraction of sp³-hybridized carbons (Fsp3) is 0.370. The van der Waals surface area contributed by atoms with Crippen molar-refractivity contribution in [2.45, 2.75) is 58.6 Å². The third kappa shape index (κ3) is 5.63. The first-order valence-corrected chi connectivity index (χ1v) is 13.0. The quantitative estimate of drug-likeness (QED) is 0.357. The van der Waals surface area contributed by atoms with Crippen LogP contribution in [0.25, 0.3) is 11.5 Å². The van der Waals surface area contributed by atoms with E-state index in [1.54, 1.807) is 57.4 Å². The van der Waals surface area contributed by atoms with Crippen molar-refractivity contribution in [1.29, 1.82) is 0 Å². The first-order valence-electron chi connectivity index (χ1n) is 13.0. The third-order valence-electron chi connectivity index (χ3n) is 6.09. The Bertz CT molecular complexity index is 1650. The van der Waals surface area contributed by atoms with Gasteiger partial charge in [-0.2, -0.15) is 9.61 Å². The van der Waals surface area contributed by atoms with Crippen LogP contribution in [0.2, 0.25) is 0 Å². The molecule has 0 saturated heterocycles. The molecule has 4 aromatic heterocycles. The van der Waals surface area contributed by atoms with Gasteiger partial charge in [0.15, 0.2) is 5.65 Å². The van der Waals surface area contributed by atoms with E-state index in [4.69, 9.17) is 4.74 Å². The monoisotopic (exact) mass is 545 g/mol. The second-order valence-corrected chi connectivity index (χ2v) is 10.5. The van der Waals surface area contributed by atoms with Gasteiger partial charge in [-0.25, -0.2) is 19.7 Å². The van der Waals surface area contributed by atoms with E-state index >= 15 is 0 Å². The number of fused-ring (bicyclic) bond motifs is 1. The highest BCUT2D eigenvalue weighted by molar-refractivity contribution is 6.00. The molecule has 0 radical (unpaired) electrons. The molecule has 0 aliphatic heterocycles. The number of aromatic nitrogens is 6. The summed E-state index contributed by atoms with van der Waals surface area (Å²) < 4.78 is 8.34. The highest BCUT2D eigenvalue weighted by Gasteiger charge is 2.28. The fourth-order valence-electron chi connectivity index (χ4n) is 3.93. The molecule has 2 amide bonds. The van der Waals surface area contributed by atoms with Crippen LogP contribution in [0.1, 0.15) is 56.7 Å². The van der Waals surface area contributed by atoms with Crippen LogP contribution < -0.4 is 21.1 Å². The van der Waals surface area contributed by atoms with Crippen molar-refractivity contribution < 1.29 is 14.3 Å². The van der Waals surface area contributed by atoms with Crippen LogP contribution in [0, 0.1) is 0 Å². The molecule has 1 saturated carbocycles. The van der Waals surface area contributed by atoms with Gasteiger partial charge in [-0.15, -0.1) is 0 Å². The number of amides is 2. The van der Waals surface area contributed by atoms with Crippen molar-refractivity contribution in [2.24, 2.45) is 0 Å². The van der Waals surface area contributed by atoms with Crippen LogP contribution in [0.3, 0.4) is 0 Å². The van der Waals surface area contributed by atoms with Gasteiger partial charge in [-0.1, -0.05) is 6.92 Å². The molecule has 1 fully saturated rings. The van der Waals surface area contributed by atoms with E-state index in [-0.39, 0.29) is 46.0 Å². The SMILES string of the molecule is CCc1nccc(-n2cccc(Nc3cc(N(C)C(=O)OC(C)(C)C)n4ncc(C(=O)NC5CC5)c4n3)c2=O)n1. The van der Waals surface area contributed by atoms with Crippen molar-refractivity contribution in [3.8, 4) is 5.82 Å². The van der Waals surface area contributed by atoms with Crippen molar-refractivity contribution in [2.75, 3.05) is 17.3 Å². The first-order chi connectivity index (χ1) is 19.0. The van der Waals surface area contributed by atoms with Crippen molar-refractivity contribution >= 4 is 35.0 Å². The molecule has 1 aliphatic carbocycles. The highest BCUT2D eigenvalue weighted by Crippen LogP contribution is 2.26. The zero-order valence-corrected chi connectivity index (χ0v) is 23.0. The zero-order chi connectivity index (χ0) is 28.6. The molecule has 0 unspecified atom stereocenters. The molecule has 13 nitrogen and oxygen atoms in total. The lowest BCUT2D eigenvalue weighted by atomic mass is 10.2. The van der Waals surface area contributed by atoms with Crippen molar-refractivity contribution in [3.63, 3.8) is 0 Å². The van der Waals surface area contributed by atoms with Crippen LogP contribution >= 0.6 is 0 Å². The lowest BCUT2D eigenvalue weighted by molar-refractivity contribution is 0.0587. The molecular weight excluding hydrogens is 514 g/mol. The summed E-state index contributed by atoms with van der Waals surface area (Å²) in [6.45, 7) is 7.24. The Hall–Kier alpha value is -4.81. The summed E-state index contributed by atoms with van der Waals surface area (Å²) in [4.78, 5) is 53.8. The van der Waals surface area contributed by atoms with Crippen molar-refractivity contribution in [3.05, 3.63) is 64.6 Å². The zero-order valence-electron chi connectivity index (χ0n) is 23.0. The van der Waals surface area contributed by atoms with Gasteiger partial charge in [-0.05, 0) is 51.8 Å².